The van der Waals surface area contributed by atoms with Crippen molar-refractivity contribution in [1.82, 2.24) is 0 Å². The molecule has 0 fully saturated rings. The van der Waals surface area contributed by atoms with E-state index in [9.17, 15) is 4.39 Å². The summed E-state index contributed by atoms with van der Waals surface area (Å²) in [5, 5.41) is 3.31. The number of nitrogens with one attached hydrogen (secondary N) is 1. The third-order valence-electron chi connectivity index (χ3n) is 3.31. The molecule has 0 unspecified atom stereocenters. The van der Waals surface area contributed by atoms with Crippen LogP contribution in [0.1, 0.15) is 5.56 Å². The standard InChI is InChI=1S/C15H14FNO/c1-18-12-4-5-13(14(16)9-12)11-3-2-10-6-7-17-15(10)8-11/h2-5,8-9,17H,6-7H2,1H3. The average Bonchev–Trinajstić information content (AvgIpc) is 2.85. The van der Waals surface area contributed by atoms with E-state index in [1.54, 1.807) is 12.1 Å². The van der Waals surface area contributed by atoms with Crippen molar-refractivity contribution in [1.29, 1.82) is 0 Å². The number of rotatable bonds is 2. The van der Waals surface area contributed by atoms with Gasteiger partial charge in [-0.05, 0) is 35.7 Å². The maximum atomic E-state index is 14.0. The first-order valence-corrected chi connectivity index (χ1v) is 5.98. The second-order valence-electron chi connectivity index (χ2n) is 4.39. The lowest BCUT2D eigenvalue weighted by molar-refractivity contribution is 0.411. The van der Waals surface area contributed by atoms with Crippen molar-refractivity contribution >= 4 is 5.69 Å². The molecular weight excluding hydrogens is 229 g/mol. The Morgan fingerprint density at radius 3 is 2.83 bits per heavy atom. The predicted octanol–water partition coefficient (Wildman–Crippen LogP) is 3.47. The summed E-state index contributed by atoms with van der Waals surface area (Å²) in [6, 6.07) is 11.0. The first kappa shape index (κ1) is 11.1. The molecule has 1 N–H and O–H groups in total. The summed E-state index contributed by atoms with van der Waals surface area (Å²) >= 11 is 0. The summed E-state index contributed by atoms with van der Waals surface area (Å²) in [5.74, 6) is 0.280. The molecule has 18 heavy (non-hydrogen) atoms. The normalized spacial score (nSPS) is 13.0. The fourth-order valence-electron chi connectivity index (χ4n) is 2.32. The Kier molecular flexibility index (Phi) is 2.67. The molecule has 1 aliphatic rings. The highest BCUT2D eigenvalue weighted by Crippen LogP contribution is 2.31. The monoisotopic (exact) mass is 243 g/mol. The van der Waals surface area contributed by atoms with Crippen LogP contribution in [0.2, 0.25) is 0 Å². The van der Waals surface area contributed by atoms with Gasteiger partial charge in [0.15, 0.2) is 0 Å². The molecule has 0 spiro atoms. The van der Waals surface area contributed by atoms with Crippen LogP contribution in [0.4, 0.5) is 10.1 Å². The van der Waals surface area contributed by atoms with Crippen LogP contribution in [0.15, 0.2) is 36.4 Å². The van der Waals surface area contributed by atoms with Crippen molar-refractivity contribution in [2.24, 2.45) is 0 Å². The number of fused-ring (bicyclic) bond motifs is 1. The van der Waals surface area contributed by atoms with Crippen LogP contribution in [0, 0.1) is 5.82 Å². The van der Waals surface area contributed by atoms with Crippen molar-refractivity contribution in [2.75, 3.05) is 19.0 Å². The molecule has 2 nitrogen and oxygen atoms in total. The number of hydrogen-bond donors (Lipinski definition) is 1. The van der Waals surface area contributed by atoms with Gasteiger partial charge >= 0.3 is 0 Å². The van der Waals surface area contributed by atoms with Crippen LogP contribution in [-0.2, 0) is 6.42 Å². The Bertz CT molecular complexity index is 595. The van der Waals surface area contributed by atoms with Gasteiger partial charge < -0.3 is 10.1 Å². The van der Waals surface area contributed by atoms with E-state index in [0.717, 1.165) is 24.2 Å². The van der Waals surface area contributed by atoms with Gasteiger partial charge in [-0.2, -0.15) is 0 Å². The maximum Gasteiger partial charge on any atom is 0.134 e. The number of benzene rings is 2. The van der Waals surface area contributed by atoms with Crippen LogP contribution in [0.5, 0.6) is 5.75 Å². The molecule has 3 heteroatoms. The van der Waals surface area contributed by atoms with Gasteiger partial charge in [-0.25, -0.2) is 4.39 Å². The van der Waals surface area contributed by atoms with Crippen LogP contribution in [-0.4, -0.2) is 13.7 Å². The molecule has 1 heterocycles. The van der Waals surface area contributed by atoms with E-state index >= 15 is 0 Å². The number of methoxy groups -OCH3 is 1. The number of hydrogen-bond acceptors (Lipinski definition) is 2. The number of halogens is 1. The molecule has 3 rings (SSSR count). The van der Waals surface area contributed by atoms with Crippen molar-refractivity contribution in [3.8, 4) is 16.9 Å². The Morgan fingerprint density at radius 1 is 1.17 bits per heavy atom. The first-order valence-electron chi connectivity index (χ1n) is 5.98. The molecule has 92 valence electrons. The van der Waals surface area contributed by atoms with E-state index in [2.05, 4.69) is 11.4 Å². The lowest BCUT2D eigenvalue weighted by atomic mass is 10.0. The molecular formula is C15H14FNO. The van der Waals surface area contributed by atoms with Crippen LogP contribution in [0.3, 0.4) is 0 Å². The minimum atomic E-state index is -0.257. The van der Waals surface area contributed by atoms with Gasteiger partial charge in [0.1, 0.15) is 11.6 Å². The third-order valence-corrected chi connectivity index (χ3v) is 3.31. The predicted molar refractivity (Wildman–Crippen MR) is 70.6 cm³/mol. The number of anilines is 1. The van der Waals surface area contributed by atoms with Gasteiger partial charge in [0, 0.05) is 23.9 Å². The van der Waals surface area contributed by atoms with Gasteiger partial charge in [-0.15, -0.1) is 0 Å². The Balaban J connectivity index is 2.04. The molecule has 0 bridgehead atoms. The zero-order valence-electron chi connectivity index (χ0n) is 10.2. The highest BCUT2D eigenvalue weighted by Gasteiger charge is 2.12. The molecule has 0 atom stereocenters. The Labute approximate surface area is 105 Å². The topological polar surface area (TPSA) is 21.3 Å². The molecule has 2 aromatic rings. The van der Waals surface area contributed by atoms with Crippen LogP contribution >= 0.6 is 0 Å². The largest absolute Gasteiger partial charge is 0.497 e. The molecule has 0 radical (unpaired) electrons. The molecule has 0 saturated heterocycles. The number of ether oxygens (including phenoxy) is 1. The van der Waals surface area contributed by atoms with Crippen LogP contribution in [0.25, 0.3) is 11.1 Å². The summed E-state index contributed by atoms with van der Waals surface area (Å²) in [4.78, 5) is 0. The molecule has 0 aliphatic carbocycles. The van der Waals surface area contributed by atoms with E-state index in [1.165, 1.54) is 18.7 Å². The van der Waals surface area contributed by atoms with Crippen molar-refractivity contribution in [3.05, 3.63) is 47.8 Å². The van der Waals surface area contributed by atoms with Crippen LogP contribution < -0.4 is 10.1 Å². The zero-order valence-corrected chi connectivity index (χ0v) is 10.2. The highest BCUT2D eigenvalue weighted by atomic mass is 19.1. The molecule has 1 aliphatic heterocycles. The third kappa shape index (κ3) is 1.82. The van der Waals surface area contributed by atoms with Crippen molar-refractivity contribution < 1.29 is 9.13 Å². The van der Waals surface area contributed by atoms with Gasteiger partial charge in [-0.1, -0.05) is 12.1 Å². The molecule has 0 amide bonds. The quantitative estimate of drug-likeness (QED) is 0.872. The smallest absolute Gasteiger partial charge is 0.134 e. The van der Waals surface area contributed by atoms with Crippen molar-refractivity contribution in [2.45, 2.75) is 6.42 Å². The Hall–Kier alpha value is -2.03. The second-order valence-corrected chi connectivity index (χ2v) is 4.39. The van der Waals surface area contributed by atoms with Gasteiger partial charge in [0.05, 0.1) is 7.11 Å². The summed E-state index contributed by atoms with van der Waals surface area (Å²) in [7, 11) is 1.54. The fraction of sp³-hybridized carbons (Fsp3) is 0.200. The highest BCUT2D eigenvalue weighted by molar-refractivity contribution is 5.72. The minimum absolute atomic E-state index is 0.257. The zero-order chi connectivity index (χ0) is 12.5. The fourth-order valence-corrected chi connectivity index (χ4v) is 2.32. The second kappa shape index (κ2) is 4.33. The summed E-state index contributed by atoms with van der Waals surface area (Å²) < 4.78 is 19.0. The van der Waals surface area contributed by atoms with E-state index in [-0.39, 0.29) is 5.82 Å². The SMILES string of the molecule is COc1ccc(-c2ccc3c(c2)NCC3)c(F)c1. The molecule has 0 saturated carbocycles. The summed E-state index contributed by atoms with van der Waals surface area (Å²) in [5.41, 5.74) is 3.91. The summed E-state index contributed by atoms with van der Waals surface area (Å²) in [6.45, 7) is 0.962. The maximum absolute atomic E-state index is 14.0. The van der Waals surface area contributed by atoms with E-state index in [1.807, 2.05) is 12.1 Å². The van der Waals surface area contributed by atoms with E-state index in [4.69, 9.17) is 4.74 Å². The average molecular weight is 243 g/mol. The lowest BCUT2D eigenvalue weighted by Crippen LogP contribution is -1.92. The van der Waals surface area contributed by atoms with Gasteiger partial charge in [0.2, 0.25) is 0 Å². The molecule has 2 aromatic carbocycles. The summed E-state index contributed by atoms with van der Waals surface area (Å²) in [6.07, 6.45) is 1.04. The van der Waals surface area contributed by atoms with Gasteiger partial charge in [0.25, 0.3) is 0 Å². The van der Waals surface area contributed by atoms with Gasteiger partial charge in [-0.3, -0.25) is 0 Å². The van der Waals surface area contributed by atoms with Crippen molar-refractivity contribution in [3.63, 3.8) is 0 Å². The Morgan fingerprint density at radius 2 is 2.06 bits per heavy atom. The minimum Gasteiger partial charge on any atom is -0.497 e. The van der Waals surface area contributed by atoms with E-state index in [0.29, 0.717) is 11.3 Å². The lowest BCUT2D eigenvalue weighted by Gasteiger charge is -2.08. The van der Waals surface area contributed by atoms with E-state index < -0.39 is 0 Å². The molecule has 0 aromatic heterocycles. The first-order chi connectivity index (χ1) is 8.78.